The number of halogens is 1. The van der Waals surface area contributed by atoms with Crippen molar-refractivity contribution in [3.63, 3.8) is 0 Å². The van der Waals surface area contributed by atoms with Crippen molar-refractivity contribution in [1.82, 2.24) is 0 Å². The lowest BCUT2D eigenvalue weighted by Crippen LogP contribution is -2.04. The number of aryl methyl sites for hydroxylation is 1. The Morgan fingerprint density at radius 3 is 2.65 bits per heavy atom. The summed E-state index contributed by atoms with van der Waals surface area (Å²) in [5.74, 6) is -0.609. The monoisotopic (exact) mass is 257 g/mol. The molecule has 0 N–H and O–H groups in total. The summed E-state index contributed by atoms with van der Waals surface area (Å²) in [6.07, 6.45) is 1.35. The third-order valence-electron chi connectivity index (χ3n) is 2.27. The van der Waals surface area contributed by atoms with Gasteiger partial charge in [-0.25, -0.2) is 4.79 Å². The predicted molar refractivity (Wildman–Crippen MR) is 63.4 cm³/mol. The topological polar surface area (TPSA) is 69.4 Å². The van der Waals surface area contributed by atoms with E-state index in [9.17, 15) is 14.9 Å². The van der Waals surface area contributed by atoms with E-state index in [1.165, 1.54) is 13.2 Å². The van der Waals surface area contributed by atoms with Crippen molar-refractivity contribution in [2.45, 2.75) is 19.8 Å². The first-order chi connectivity index (χ1) is 8.01. The molecule has 0 spiro atoms. The normalized spacial score (nSPS) is 10.1. The molecule has 0 aliphatic rings. The summed E-state index contributed by atoms with van der Waals surface area (Å²) in [7, 11) is 1.22. The van der Waals surface area contributed by atoms with Crippen LogP contribution in [-0.2, 0) is 11.2 Å². The number of ether oxygens (including phenoxy) is 1. The number of carbonyl (C=O) groups excluding carboxylic acids is 1. The Morgan fingerprint density at radius 2 is 2.18 bits per heavy atom. The summed E-state index contributed by atoms with van der Waals surface area (Å²) in [5, 5.41) is 10.9. The van der Waals surface area contributed by atoms with Gasteiger partial charge in [-0.15, -0.1) is 0 Å². The van der Waals surface area contributed by atoms with Crippen LogP contribution in [0, 0.1) is 10.1 Å². The molecular weight excluding hydrogens is 246 g/mol. The van der Waals surface area contributed by atoms with Gasteiger partial charge in [0.15, 0.2) is 0 Å². The Bertz CT molecular complexity index is 459. The molecule has 0 aliphatic carbocycles. The van der Waals surface area contributed by atoms with Gasteiger partial charge in [0.25, 0.3) is 5.69 Å². The minimum Gasteiger partial charge on any atom is -0.465 e. The van der Waals surface area contributed by atoms with Crippen LogP contribution < -0.4 is 0 Å². The number of rotatable bonds is 4. The van der Waals surface area contributed by atoms with Gasteiger partial charge in [0, 0.05) is 6.07 Å². The van der Waals surface area contributed by atoms with Crippen molar-refractivity contribution in [2.75, 3.05) is 7.11 Å². The molecule has 0 saturated heterocycles. The minimum absolute atomic E-state index is 0.0875. The van der Waals surface area contributed by atoms with Gasteiger partial charge >= 0.3 is 5.97 Å². The fourth-order valence-electron chi connectivity index (χ4n) is 1.49. The Morgan fingerprint density at radius 1 is 1.53 bits per heavy atom. The molecule has 1 aromatic rings. The fourth-order valence-corrected chi connectivity index (χ4v) is 1.76. The van der Waals surface area contributed by atoms with Crippen LogP contribution in [0.3, 0.4) is 0 Å². The second-order valence-electron chi connectivity index (χ2n) is 3.47. The van der Waals surface area contributed by atoms with Gasteiger partial charge in [0.05, 0.1) is 17.6 Å². The maximum atomic E-state index is 11.4. The lowest BCUT2D eigenvalue weighted by atomic mass is 10.1. The highest BCUT2D eigenvalue weighted by Gasteiger charge is 2.20. The molecule has 0 atom stereocenters. The van der Waals surface area contributed by atoms with Crippen molar-refractivity contribution in [3.05, 3.63) is 38.4 Å². The van der Waals surface area contributed by atoms with E-state index in [-0.39, 0.29) is 16.3 Å². The first kappa shape index (κ1) is 13.4. The molecule has 1 aromatic carbocycles. The van der Waals surface area contributed by atoms with Crippen LogP contribution in [-0.4, -0.2) is 18.0 Å². The van der Waals surface area contributed by atoms with Crippen LogP contribution in [0.2, 0.25) is 5.02 Å². The molecule has 0 bridgehead atoms. The SMILES string of the molecule is CCCc1cc(C(=O)OC)cc([N+](=O)[O-])c1Cl. The molecule has 5 nitrogen and oxygen atoms in total. The summed E-state index contributed by atoms with van der Waals surface area (Å²) < 4.78 is 4.54. The Hall–Kier alpha value is -1.62. The molecule has 0 unspecified atom stereocenters. The van der Waals surface area contributed by atoms with E-state index in [4.69, 9.17) is 11.6 Å². The number of methoxy groups -OCH3 is 1. The first-order valence-corrected chi connectivity index (χ1v) is 5.44. The number of hydrogen-bond acceptors (Lipinski definition) is 4. The largest absolute Gasteiger partial charge is 0.465 e. The zero-order valence-electron chi connectivity index (χ0n) is 9.53. The Kier molecular flexibility index (Phi) is 4.45. The molecule has 0 saturated carbocycles. The van der Waals surface area contributed by atoms with Gasteiger partial charge in [-0.2, -0.15) is 0 Å². The maximum absolute atomic E-state index is 11.4. The van der Waals surface area contributed by atoms with E-state index in [2.05, 4.69) is 4.74 Å². The van der Waals surface area contributed by atoms with Gasteiger partial charge < -0.3 is 4.74 Å². The molecular formula is C11H12ClNO4. The number of nitro benzene ring substituents is 1. The smallest absolute Gasteiger partial charge is 0.338 e. The molecule has 0 radical (unpaired) electrons. The Labute approximate surface area is 103 Å². The van der Waals surface area contributed by atoms with Crippen molar-refractivity contribution >= 4 is 23.3 Å². The third-order valence-corrected chi connectivity index (χ3v) is 2.70. The summed E-state index contributed by atoms with van der Waals surface area (Å²) in [6, 6.07) is 2.66. The number of benzene rings is 1. The lowest BCUT2D eigenvalue weighted by molar-refractivity contribution is -0.384. The highest BCUT2D eigenvalue weighted by molar-refractivity contribution is 6.33. The van der Waals surface area contributed by atoms with Crippen LogP contribution in [0.25, 0.3) is 0 Å². The molecule has 0 aliphatic heterocycles. The maximum Gasteiger partial charge on any atom is 0.338 e. The van der Waals surface area contributed by atoms with E-state index in [1.807, 2.05) is 6.92 Å². The molecule has 6 heteroatoms. The quantitative estimate of drug-likeness (QED) is 0.472. The Balaban J connectivity index is 3.36. The predicted octanol–water partition coefficient (Wildman–Crippen LogP) is 2.99. The van der Waals surface area contributed by atoms with Crippen LogP contribution in [0.1, 0.15) is 29.3 Å². The molecule has 0 amide bonds. The van der Waals surface area contributed by atoms with Crippen LogP contribution in [0.15, 0.2) is 12.1 Å². The molecule has 0 aromatic heterocycles. The molecule has 17 heavy (non-hydrogen) atoms. The summed E-state index contributed by atoms with van der Waals surface area (Å²) in [4.78, 5) is 21.6. The third kappa shape index (κ3) is 2.94. The second-order valence-corrected chi connectivity index (χ2v) is 3.85. The minimum atomic E-state index is -0.609. The van der Waals surface area contributed by atoms with E-state index in [0.717, 1.165) is 12.5 Å². The van der Waals surface area contributed by atoms with Gasteiger partial charge in [0.2, 0.25) is 0 Å². The highest BCUT2D eigenvalue weighted by atomic mass is 35.5. The van der Waals surface area contributed by atoms with E-state index in [1.54, 1.807) is 0 Å². The number of esters is 1. The molecule has 0 fully saturated rings. The van der Waals surface area contributed by atoms with Gasteiger partial charge in [-0.1, -0.05) is 24.9 Å². The summed E-state index contributed by atoms with van der Waals surface area (Å²) >= 11 is 5.91. The average Bonchev–Trinajstić information content (AvgIpc) is 2.30. The van der Waals surface area contributed by atoms with Crippen molar-refractivity contribution < 1.29 is 14.5 Å². The van der Waals surface area contributed by atoms with Crippen molar-refractivity contribution in [1.29, 1.82) is 0 Å². The number of nitrogens with zero attached hydrogens (tertiary/aromatic N) is 1. The number of carbonyl (C=O) groups is 1. The standard InChI is InChI=1S/C11H12ClNO4/c1-3-4-7-5-8(11(14)17-2)6-9(10(7)12)13(15)16/h5-6H,3-4H2,1-2H3. The fraction of sp³-hybridized carbons (Fsp3) is 0.364. The van der Waals surface area contributed by atoms with Gasteiger partial charge in [-0.05, 0) is 18.1 Å². The highest BCUT2D eigenvalue weighted by Crippen LogP contribution is 2.30. The second kappa shape index (κ2) is 5.63. The molecule has 1 rings (SSSR count). The number of hydrogen-bond donors (Lipinski definition) is 0. The summed E-state index contributed by atoms with van der Waals surface area (Å²) in [6.45, 7) is 1.92. The van der Waals surface area contributed by atoms with Crippen LogP contribution in [0.4, 0.5) is 5.69 Å². The molecule has 0 heterocycles. The van der Waals surface area contributed by atoms with Gasteiger partial charge in [-0.3, -0.25) is 10.1 Å². The van der Waals surface area contributed by atoms with Crippen LogP contribution in [0.5, 0.6) is 0 Å². The van der Waals surface area contributed by atoms with Crippen molar-refractivity contribution in [3.8, 4) is 0 Å². The number of nitro groups is 1. The zero-order valence-corrected chi connectivity index (χ0v) is 10.3. The van der Waals surface area contributed by atoms with Crippen molar-refractivity contribution in [2.24, 2.45) is 0 Å². The first-order valence-electron chi connectivity index (χ1n) is 5.06. The van der Waals surface area contributed by atoms with Gasteiger partial charge in [0.1, 0.15) is 5.02 Å². The summed E-state index contributed by atoms with van der Waals surface area (Å²) in [5.41, 5.74) is 0.467. The van der Waals surface area contributed by atoms with E-state index < -0.39 is 10.9 Å². The molecule has 92 valence electrons. The van der Waals surface area contributed by atoms with E-state index >= 15 is 0 Å². The average molecular weight is 258 g/mol. The zero-order chi connectivity index (χ0) is 13.0. The van der Waals surface area contributed by atoms with E-state index in [0.29, 0.717) is 12.0 Å². The lowest BCUT2D eigenvalue weighted by Gasteiger charge is -2.06. The van der Waals surface area contributed by atoms with Crippen LogP contribution >= 0.6 is 11.6 Å².